The second-order valence-corrected chi connectivity index (χ2v) is 11.4. The van der Waals surface area contributed by atoms with E-state index < -0.39 is 11.9 Å². The van der Waals surface area contributed by atoms with Crippen LogP contribution in [0.15, 0.2) is 23.0 Å². The van der Waals surface area contributed by atoms with Gasteiger partial charge in [-0.1, -0.05) is 12.5 Å². The van der Waals surface area contributed by atoms with Crippen molar-refractivity contribution < 1.29 is 19.2 Å². The summed E-state index contributed by atoms with van der Waals surface area (Å²) in [5.74, 6) is -0.309. The molecule has 1 unspecified atom stereocenters. The van der Waals surface area contributed by atoms with Gasteiger partial charge < -0.3 is 9.69 Å². The summed E-state index contributed by atoms with van der Waals surface area (Å²) in [7, 11) is 1.71. The second kappa shape index (κ2) is 11.9. The van der Waals surface area contributed by atoms with Crippen LogP contribution < -0.4 is 11.0 Å². The van der Waals surface area contributed by atoms with Crippen molar-refractivity contribution in [2.45, 2.75) is 76.3 Å². The molecule has 0 bridgehead atoms. The number of imidazole rings is 1. The normalized spacial score (nSPS) is 24.8. The highest BCUT2D eigenvalue weighted by atomic mass is 16.2. The lowest BCUT2D eigenvalue weighted by molar-refractivity contribution is -0.138. The fourth-order valence-electron chi connectivity index (χ4n) is 6.48. The molecular formula is C29H39N5O5. The number of aromatic nitrogens is 2. The van der Waals surface area contributed by atoms with Crippen LogP contribution in [0.4, 0.5) is 0 Å². The molecule has 3 heterocycles. The lowest BCUT2D eigenvalue weighted by Gasteiger charge is -2.41. The van der Waals surface area contributed by atoms with Gasteiger partial charge in [0, 0.05) is 45.1 Å². The lowest BCUT2D eigenvalue weighted by atomic mass is 9.86. The Morgan fingerprint density at radius 3 is 2.46 bits per heavy atom. The quantitative estimate of drug-likeness (QED) is 0.297. The fraction of sp³-hybridized carbons (Fsp3) is 0.621. The summed E-state index contributed by atoms with van der Waals surface area (Å²) in [6.07, 6.45) is 9.38. The highest BCUT2D eigenvalue weighted by molar-refractivity contribution is 6.00. The van der Waals surface area contributed by atoms with E-state index in [1.807, 2.05) is 23.1 Å². The molecule has 5 rings (SSSR count). The maximum atomic E-state index is 13.0. The summed E-state index contributed by atoms with van der Waals surface area (Å²) in [6.45, 7) is 2.97. The number of nitrogens with zero attached hydrogens (tertiary/aromatic N) is 4. The number of piperidine rings is 1. The maximum Gasteiger partial charge on any atom is 0.329 e. The molecule has 1 atom stereocenters. The summed E-state index contributed by atoms with van der Waals surface area (Å²) >= 11 is 0. The van der Waals surface area contributed by atoms with E-state index in [1.165, 1.54) is 4.57 Å². The third kappa shape index (κ3) is 5.85. The van der Waals surface area contributed by atoms with Crippen molar-refractivity contribution in [3.63, 3.8) is 0 Å². The van der Waals surface area contributed by atoms with Gasteiger partial charge in [0.25, 0.3) is 0 Å². The number of carbonyl (C=O) groups is 4. The van der Waals surface area contributed by atoms with Crippen molar-refractivity contribution in [1.82, 2.24) is 24.3 Å². The number of rotatable bonds is 9. The van der Waals surface area contributed by atoms with E-state index in [2.05, 4.69) is 10.2 Å². The van der Waals surface area contributed by atoms with Crippen LogP contribution in [-0.2, 0) is 32.6 Å². The van der Waals surface area contributed by atoms with Crippen LogP contribution in [0.25, 0.3) is 11.0 Å². The molecule has 3 aliphatic rings. The second-order valence-electron chi connectivity index (χ2n) is 11.4. The van der Waals surface area contributed by atoms with E-state index in [9.17, 15) is 24.0 Å². The summed E-state index contributed by atoms with van der Waals surface area (Å²) in [4.78, 5) is 64.9. The van der Waals surface area contributed by atoms with Crippen molar-refractivity contribution in [3.05, 3.63) is 34.2 Å². The highest BCUT2D eigenvalue weighted by Gasteiger charge is 2.32. The smallest absolute Gasteiger partial charge is 0.329 e. The number of fused-ring (bicyclic) bond motifs is 1. The highest BCUT2D eigenvalue weighted by Crippen LogP contribution is 2.27. The van der Waals surface area contributed by atoms with Crippen molar-refractivity contribution >= 4 is 35.0 Å². The summed E-state index contributed by atoms with van der Waals surface area (Å²) in [5.41, 5.74) is 2.36. The number of nitrogens with one attached hydrogen (secondary N) is 1. The molecule has 1 saturated carbocycles. The Morgan fingerprint density at radius 2 is 1.74 bits per heavy atom. The number of carbonyl (C=O) groups excluding carboxylic acids is 4. The first-order chi connectivity index (χ1) is 18.9. The van der Waals surface area contributed by atoms with Crippen molar-refractivity contribution in [2.24, 2.45) is 13.0 Å². The Labute approximate surface area is 228 Å². The third-order valence-corrected chi connectivity index (χ3v) is 8.87. The van der Waals surface area contributed by atoms with E-state index in [0.29, 0.717) is 24.5 Å². The molecule has 2 aliphatic heterocycles. The first kappa shape index (κ1) is 27.3. The molecule has 1 aromatic heterocycles. The van der Waals surface area contributed by atoms with E-state index in [1.54, 1.807) is 11.6 Å². The van der Waals surface area contributed by atoms with Gasteiger partial charge in [-0.05, 0) is 69.1 Å². The van der Waals surface area contributed by atoms with Crippen molar-refractivity contribution in [3.8, 4) is 0 Å². The molecule has 0 radical (unpaired) electrons. The summed E-state index contributed by atoms with van der Waals surface area (Å²) in [5, 5.41) is 2.34. The largest absolute Gasteiger partial charge is 0.340 e. The number of benzene rings is 1. The van der Waals surface area contributed by atoms with Gasteiger partial charge in [0.2, 0.25) is 17.7 Å². The first-order valence-electron chi connectivity index (χ1n) is 14.4. The summed E-state index contributed by atoms with van der Waals surface area (Å²) < 4.78 is 3.08. The maximum absolute atomic E-state index is 13.0. The minimum Gasteiger partial charge on any atom is -0.340 e. The number of aryl methyl sites for hydroxylation is 2. The first-order valence-corrected chi connectivity index (χ1v) is 14.4. The minimum absolute atomic E-state index is 0.200. The standard InChI is InChI=1S/C29H39N5O5/c1-31-25-17-20(8-11-23(25)34(29(31)39)24-12-13-26(36)30-28(24)38)5-3-2-4-14-32-15-16-33(18-27(32)37)22-9-6-21(19-35)7-10-22/h8,11,17,19,21-22,24H,2-7,9-10,12-16,18H2,1H3,(H,30,36,38). The molecule has 1 N–H and O–H groups in total. The monoisotopic (exact) mass is 537 g/mol. The fourth-order valence-corrected chi connectivity index (χ4v) is 6.48. The van der Waals surface area contributed by atoms with Crippen molar-refractivity contribution in [1.29, 1.82) is 0 Å². The molecule has 3 amide bonds. The Kier molecular flexibility index (Phi) is 8.30. The van der Waals surface area contributed by atoms with E-state index in [0.717, 1.165) is 88.4 Å². The topological polar surface area (TPSA) is 114 Å². The van der Waals surface area contributed by atoms with E-state index >= 15 is 0 Å². The Morgan fingerprint density at radius 1 is 0.949 bits per heavy atom. The molecule has 2 aromatic rings. The van der Waals surface area contributed by atoms with Gasteiger partial charge in [-0.2, -0.15) is 0 Å². The summed E-state index contributed by atoms with van der Waals surface area (Å²) in [6, 6.07) is 5.69. The van der Waals surface area contributed by atoms with Crippen LogP contribution in [0.3, 0.4) is 0 Å². The van der Waals surface area contributed by atoms with Crippen molar-refractivity contribution in [2.75, 3.05) is 26.2 Å². The molecule has 1 aromatic carbocycles. The SMILES string of the molecule is Cn1c(=O)n(C2CCC(=O)NC2=O)c2ccc(CCCCCN3CCN(C4CCC(C=O)CC4)CC3=O)cc21. The molecule has 0 spiro atoms. The van der Waals surface area contributed by atoms with Crippen LogP contribution in [0.1, 0.15) is 69.4 Å². The van der Waals surface area contributed by atoms with Gasteiger partial charge in [-0.25, -0.2) is 4.79 Å². The average Bonchev–Trinajstić information content (AvgIpc) is 3.18. The van der Waals surface area contributed by atoms with E-state index in [4.69, 9.17) is 0 Å². The van der Waals surface area contributed by atoms with Crippen LogP contribution in [0.5, 0.6) is 0 Å². The molecule has 39 heavy (non-hydrogen) atoms. The molecule has 2 saturated heterocycles. The van der Waals surface area contributed by atoms with Crippen LogP contribution in [0.2, 0.25) is 0 Å². The predicted octanol–water partition coefficient (Wildman–Crippen LogP) is 1.93. The van der Waals surface area contributed by atoms with Gasteiger partial charge in [-0.3, -0.25) is 33.7 Å². The average molecular weight is 538 g/mol. The van der Waals surface area contributed by atoms with Crippen LogP contribution in [0, 0.1) is 5.92 Å². The van der Waals surface area contributed by atoms with Gasteiger partial charge >= 0.3 is 5.69 Å². The Bertz CT molecular complexity index is 1310. The molecule has 3 fully saturated rings. The number of unbranched alkanes of at least 4 members (excludes halogenated alkanes) is 2. The van der Waals surface area contributed by atoms with Gasteiger partial charge in [-0.15, -0.1) is 0 Å². The molecular weight excluding hydrogens is 498 g/mol. The minimum atomic E-state index is -0.674. The van der Waals surface area contributed by atoms with Gasteiger partial charge in [0.05, 0.1) is 17.6 Å². The zero-order chi connectivity index (χ0) is 27.5. The molecule has 10 heteroatoms. The number of piperazine rings is 1. The number of imide groups is 1. The van der Waals surface area contributed by atoms with Gasteiger partial charge in [0.15, 0.2) is 0 Å². The van der Waals surface area contributed by atoms with Crippen LogP contribution in [-0.4, -0.2) is 75.2 Å². The zero-order valence-corrected chi connectivity index (χ0v) is 22.8. The Hall–Kier alpha value is -3.27. The Balaban J connectivity index is 1.09. The molecule has 10 nitrogen and oxygen atoms in total. The molecule has 210 valence electrons. The number of hydrogen-bond donors (Lipinski definition) is 1. The van der Waals surface area contributed by atoms with Crippen LogP contribution >= 0.6 is 0 Å². The number of hydrogen-bond acceptors (Lipinski definition) is 6. The molecule has 1 aliphatic carbocycles. The third-order valence-electron chi connectivity index (χ3n) is 8.87. The van der Waals surface area contributed by atoms with Gasteiger partial charge in [0.1, 0.15) is 12.3 Å². The number of aldehydes is 1. The predicted molar refractivity (Wildman–Crippen MR) is 146 cm³/mol. The number of amides is 3. The van der Waals surface area contributed by atoms with E-state index in [-0.39, 0.29) is 29.8 Å². The lowest BCUT2D eigenvalue weighted by Crippen LogP contribution is -2.54. The zero-order valence-electron chi connectivity index (χ0n) is 22.8.